The van der Waals surface area contributed by atoms with Crippen LogP contribution in [-0.2, 0) is 4.79 Å². The summed E-state index contributed by atoms with van der Waals surface area (Å²) in [6, 6.07) is 7.46. The number of hydrogen-bond donors (Lipinski definition) is 0. The molecule has 2 amide bonds. The molecule has 2 aromatic rings. The molecule has 2 aliphatic heterocycles. The molecule has 2 fully saturated rings. The highest BCUT2D eigenvalue weighted by molar-refractivity contribution is 6.31. The van der Waals surface area contributed by atoms with Crippen molar-refractivity contribution < 1.29 is 9.59 Å². The van der Waals surface area contributed by atoms with Gasteiger partial charge in [0.25, 0.3) is 5.91 Å². The summed E-state index contributed by atoms with van der Waals surface area (Å²) < 4.78 is 1.79. The van der Waals surface area contributed by atoms with Gasteiger partial charge in [0.2, 0.25) is 5.91 Å². The van der Waals surface area contributed by atoms with E-state index in [4.69, 9.17) is 11.6 Å². The molecule has 1 aromatic carbocycles. The fraction of sp³-hybridized carbons (Fsp3) is 0.500. The summed E-state index contributed by atoms with van der Waals surface area (Å²) in [6.45, 7) is 6.86. The smallest absolute Gasteiger partial charge is 0.253 e. The molecule has 7 heteroatoms. The van der Waals surface area contributed by atoms with Gasteiger partial charge in [-0.3, -0.25) is 9.59 Å². The first kappa shape index (κ1) is 20.0. The number of piperidine rings is 1. The van der Waals surface area contributed by atoms with Crippen LogP contribution in [0, 0.1) is 19.8 Å². The third-order valence-corrected chi connectivity index (χ3v) is 6.66. The van der Waals surface area contributed by atoms with Crippen LogP contribution in [0.25, 0.3) is 5.69 Å². The molecule has 0 unspecified atom stereocenters. The van der Waals surface area contributed by atoms with Crippen LogP contribution in [0.4, 0.5) is 0 Å². The second-order valence-electron chi connectivity index (χ2n) is 8.04. The minimum atomic E-state index is 0.0232. The summed E-state index contributed by atoms with van der Waals surface area (Å²) in [5.41, 5.74) is 3.21. The Bertz CT molecular complexity index is 908. The normalized spacial score (nSPS) is 17.8. The number of nitrogens with zero attached hydrogens (tertiary/aromatic N) is 4. The lowest BCUT2D eigenvalue weighted by atomic mass is 9.95. The van der Waals surface area contributed by atoms with Crippen molar-refractivity contribution in [3.05, 3.63) is 46.2 Å². The van der Waals surface area contributed by atoms with Gasteiger partial charge in [-0.2, -0.15) is 5.10 Å². The predicted molar refractivity (Wildman–Crippen MR) is 112 cm³/mol. The van der Waals surface area contributed by atoms with Crippen LogP contribution in [0.1, 0.15) is 47.4 Å². The van der Waals surface area contributed by atoms with Crippen LogP contribution >= 0.6 is 11.6 Å². The van der Waals surface area contributed by atoms with E-state index in [1.54, 1.807) is 4.68 Å². The number of carbonyl (C=O) groups excluding carboxylic acids is 2. The minimum Gasteiger partial charge on any atom is -0.342 e. The van der Waals surface area contributed by atoms with Gasteiger partial charge in [-0.05, 0) is 63.8 Å². The number of halogens is 1. The van der Waals surface area contributed by atoms with E-state index >= 15 is 0 Å². The topological polar surface area (TPSA) is 58.4 Å². The second kappa shape index (κ2) is 8.19. The Morgan fingerprint density at radius 3 is 2.14 bits per heavy atom. The summed E-state index contributed by atoms with van der Waals surface area (Å²) in [5.74, 6) is 0.368. The van der Waals surface area contributed by atoms with Crippen LogP contribution in [0.3, 0.4) is 0 Å². The molecule has 4 rings (SSSR count). The zero-order valence-electron chi connectivity index (χ0n) is 17.0. The fourth-order valence-corrected chi connectivity index (χ4v) is 4.45. The van der Waals surface area contributed by atoms with E-state index in [2.05, 4.69) is 5.10 Å². The maximum absolute atomic E-state index is 12.9. The highest BCUT2D eigenvalue weighted by Crippen LogP contribution is 2.25. The number of benzene rings is 1. The van der Waals surface area contributed by atoms with Gasteiger partial charge in [0.05, 0.1) is 22.1 Å². The van der Waals surface area contributed by atoms with E-state index in [1.807, 2.05) is 47.9 Å². The molecule has 0 spiro atoms. The quantitative estimate of drug-likeness (QED) is 0.770. The highest BCUT2D eigenvalue weighted by Gasteiger charge is 2.31. The van der Waals surface area contributed by atoms with Crippen LogP contribution in [0.15, 0.2) is 24.3 Å². The largest absolute Gasteiger partial charge is 0.342 e. The molecule has 0 bridgehead atoms. The summed E-state index contributed by atoms with van der Waals surface area (Å²) in [4.78, 5) is 29.3. The SMILES string of the molecule is Cc1nn(-c2ccc(C(=O)N3CCC(C(=O)N4CCCC4)CC3)cc2)c(C)c1Cl. The lowest BCUT2D eigenvalue weighted by Crippen LogP contribution is -2.43. The Balaban J connectivity index is 1.39. The van der Waals surface area contributed by atoms with E-state index in [1.165, 1.54) is 0 Å². The highest BCUT2D eigenvalue weighted by atomic mass is 35.5. The van der Waals surface area contributed by atoms with Crippen LogP contribution in [-0.4, -0.2) is 57.6 Å². The molecule has 29 heavy (non-hydrogen) atoms. The Hall–Kier alpha value is -2.34. The van der Waals surface area contributed by atoms with E-state index in [0.29, 0.717) is 23.7 Å². The summed E-state index contributed by atoms with van der Waals surface area (Å²) in [6.07, 6.45) is 3.73. The fourth-order valence-electron chi connectivity index (χ4n) is 4.33. The van der Waals surface area contributed by atoms with E-state index in [9.17, 15) is 9.59 Å². The van der Waals surface area contributed by atoms with Gasteiger partial charge < -0.3 is 9.80 Å². The van der Waals surface area contributed by atoms with Crippen molar-refractivity contribution in [1.82, 2.24) is 19.6 Å². The molecule has 0 aliphatic carbocycles. The molecule has 0 radical (unpaired) electrons. The number of amides is 2. The lowest BCUT2D eigenvalue weighted by Gasteiger charge is -2.33. The van der Waals surface area contributed by atoms with Crippen molar-refractivity contribution >= 4 is 23.4 Å². The zero-order valence-corrected chi connectivity index (χ0v) is 17.8. The van der Waals surface area contributed by atoms with Crippen molar-refractivity contribution in [2.75, 3.05) is 26.2 Å². The average Bonchev–Trinajstić information content (AvgIpc) is 3.38. The molecule has 3 heterocycles. The van der Waals surface area contributed by atoms with Crippen molar-refractivity contribution in [1.29, 1.82) is 0 Å². The molecular weight excluding hydrogens is 388 g/mol. The van der Waals surface area contributed by atoms with Gasteiger partial charge in [-0.1, -0.05) is 11.6 Å². The summed E-state index contributed by atoms with van der Waals surface area (Å²) >= 11 is 6.24. The third-order valence-electron chi connectivity index (χ3n) is 6.11. The maximum Gasteiger partial charge on any atom is 0.253 e. The molecular formula is C22H27ClN4O2. The zero-order chi connectivity index (χ0) is 20.5. The third kappa shape index (κ3) is 3.90. The van der Waals surface area contributed by atoms with Gasteiger partial charge in [-0.15, -0.1) is 0 Å². The van der Waals surface area contributed by atoms with Crippen LogP contribution < -0.4 is 0 Å². The van der Waals surface area contributed by atoms with E-state index in [0.717, 1.165) is 55.8 Å². The van der Waals surface area contributed by atoms with Gasteiger partial charge in [0.15, 0.2) is 0 Å². The molecule has 0 saturated carbocycles. The van der Waals surface area contributed by atoms with Crippen molar-refractivity contribution in [2.45, 2.75) is 39.5 Å². The Kier molecular flexibility index (Phi) is 5.63. The van der Waals surface area contributed by atoms with Gasteiger partial charge in [0.1, 0.15) is 0 Å². The number of aryl methyl sites for hydroxylation is 1. The number of likely N-dealkylation sites (tertiary alicyclic amines) is 2. The number of aromatic nitrogens is 2. The maximum atomic E-state index is 12.9. The van der Waals surface area contributed by atoms with Crippen molar-refractivity contribution in [2.24, 2.45) is 5.92 Å². The van der Waals surface area contributed by atoms with Crippen LogP contribution in [0.2, 0.25) is 5.02 Å². The average molecular weight is 415 g/mol. The molecule has 2 saturated heterocycles. The summed E-state index contributed by atoms with van der Waals surface area (Å²) in [5, 5.41) is 5.12. The Morgan fingerprint density at radius 2 is 1.59 bits per heavy atom. The monoisotopic (exact) mass is 414 g/mol. The van der Waals surface area contributed by atoms with Gasteiger partial charge in [-0.25, -0.2) is 4.68 Å². The Morgan fingerprint density at radius 1 is 0.966 bits per heavy atom. The molecule has 2 aliphatic rings. The predicted octanol–water partition coefficient (Wildman–Crippen LogP) is 3.62. The minimum absolute atomic E-state index is 0.0232. The van der Waals surface area contributed by atoms with Gasteiger partial charge >= 0.3 is 0 Å². The lowest BCUT2D eigenvalue weighted by molar-refractivity contribution is -0.135. The van der Waals surface area contributed by atoms with Gasteiger partial charge in [0, 0.05) is 37.7 Å². The van der Waals surface area contributed by atoms with E-state index in [-0.39, 0.29) is 17.7 Å². The first-order valence-electron chi connectivity index (χ1n) is 10.4. The molecule has 1 aromatic heterocycles. The number of hydrogen-bond acceptors (Lipinski definition) is 3. The van der Waals surface area contributed by atoms with Crippen LogP contribution in [0.5, 0.6) is 0 Å². The van der Waals surface area contributed by atoms with E-state index < -0.39 is 0 Å². The summed E-state index contributed by atoms with van der Waals surface area (Å²) in [7, 11) is 0. The molecule has 6 nitrogen and oxygen atoms in total. The number of rotatable bonds is 3. The standard InChI is InChI=1S/C22H27ClN4O2/c1-15-20(23)16(2)27(24-15)19-7-5-17(6-8-19)21(28)26-13-9-18(10-14-26)22(29)25-11-3-4-12-25/h5-8,18H,3-4,9-14H2,1-2H3. The van der Waals surface area contributed by atoms with Crippen molar-refractivity contribution in [3.8, 4) is 5.69 Å². The molecule has 0 N–H and O–H groups in total. The second-order valence-corrected chi connectivity index (χ2v) is 8.42. The molecule has 154 valence electrons. The Labute approximate surface area is 176 Å². The first-order valence-corrected chi connectivity index (χ1v) is 10.7. The number of carbonyl (C=O) groups is 2. The molecule has 0 atom stereocenters. The first-order chi connectivity index (χ1) is 14.0. The van der Waals surface area contributed by atoms with Crippen molar-refractivity contribution in [3.63, 3.8) is 0 Å².